The number of nitrogens with one attached hydrogen (secondary N) is 1. The molecule has 0 spiro atoms. The van der Waals surface area contributed by atoms with Crippen molar-refractivity contribution in [3.63, 3.8) is 0 Å². The zero-order valence-corrected chi connectivity index (χ0v) is 11.0. The molecule has 0 fully saturated rings. The van der Waals surface area contributed by atoms with Gasteiger partial charge >= 0.3 is 0 Å². The number of hydrogen-bond donors (Lipinski definition) is 1. The van der Waals surface area contributed by atoms with Crippen molar-refractivity contribution < 1.29 is 18.6 Å². The largest absolute Gasteiger partial charge is 0.454 e. The summed E-state index contributed by atoms with van der Waals surface area (Å²) in [5.41, 5.74) is 0.755. The van der Waals surface area contributed by atoms with Gasteiger partial charge in [-0.15, -0.1) is 0 Å². The van der Waals surface area contributed by atoms with Crippen molar-refractivity contribution in [2.45, 2.75) is 6.54 Å². The molecule has 0 unspecified atom stereocenters. The second kappa shape index (κ2) is 5.38. The lowest BCUT2D eigenvalue weighted by atomic mass is 10.2. The average Bonchev–Trinajstić information content (AvgIpc) is 2.90. The normalized spacial score (nSPS) is 12.5. The summed E-state index contributed by atoms with van der Waals surface area (Å²) in [5.74, 6) is 1.61. The van der Waals surface area contributed by atoms with Gasteiger partial charge in [0.05, 0.1) is 0 Å². The van der Waals surface area contributed by atoms with Gasteiger partial charge in [-0.2, -0.15) is 0 Å². The van der Waals surface area contributed by atoms with Gasteiger partial charge in [-0.05, 0) is 25.2 Å². The number of halogens is 1. The number of hydrogen-bond acceptors (Lipinski definition) is 4. The summed E-state index contributed by atoms with van der Waals surface area (Å²) in [6.07, 6.45) is 0. The number of para-hydroxylation sites is 1. The minimum atomic E-state index is -0.393. The Morgan fingerprint density at radius 3 is 2.90 bits per heavy atom. The molecule has 104 valence electrons. The van der Waals surface area contributed by atoms with Crippen LogP contribution in [0, 0.1) is 5.82 Å². The minimum absolute atomic E-state index is 0.198. The van der Waals surface area contributed by atoms with E-state index in [0.29, 0.717) is 23.8 Å². The SMILES string of the molecule is CNCc1cccc(F)c1Oc1ccc2c(c1)OCO2. The first-order valence-corrected chi connectivity index (χ1v) is 6.27. The number of ether oxygens (including phenoxy) is 3. The van der Waals surface area contributed by atoms with Crippen LogP contribution in [0.3, 0.4) is 0 Å². The van der Waals surface area contributed by atoms with E-state index in [1.807, 2.05) is 6.07 Å². The standard InChI is InChI=1S/C15H14FNO3/c1-17-8-10-3-2-4-12(16)15(10)20-11-5-6-13-14(7-11)19-9-18-13/h2-7,17H,8-9H2,1H3. The molecule has 20 heavy (non-hydrogen) atoms. The van der Waals surface area contributed by atoms with Crippen molar-refractivity contribution in [1.82, 2.24) is 5.32 Å². The highest BCUT2D eigenvalue weighted by molar-refractivity contribution is 5.48. The van der Waals surface area contributed by atoms with Crippen LogP contribution in [0.1, 0.15) is 5.56 Å². The molecule has 4 nitrogen and oxygen atoms in total. The maximum atomic E-state index is 13.9. The molecule has 1 aliphatic rings. The van der Waals surface area contributed by atoms with Crippen molar-refractivity contribution in [2.75, 3.05) is 13.8 Å². The van der Waals surface area contributed by atoms with E-state index in [1.165, 1.54) is 6.07 Å². The predicted molar refractivity (Wildman–Crippen MR) is 71.8 cm³/mol. The molecule has 1 heterocycles. The first-order chi connectivity index (χ1) is 9.78. The fourth-order valence-electron chi connectivity index (χ4n) is 2.06. The summed E-state index contributed by atoms with van der Waals surface area (Å²) in [7, 11) is 1.80. The molecule has 3 rings (SSSR count). The zero-order chi connectivity index (χ0) is 13.9. The molecule has 2 aromatic rings. The molecule has 5 heteroatoms. The Hall–Kier alpha value is -2.27. The third-order valence-corrected chi connectivity index (χ3v) is 2.98. The first kappa shape index (κ1) is 12.7. The molecule has 0 amide bonds. The van der Waals surface area contributed by atoms with Crippen molar-refractivity contribution in [1.29, 1.82) is 0 Å². The lowest BCUT2D eigenvalue weighted by Gasteiger charge is -2.12. The molecule has 0 saturated heterocycles. The van der Waals surface area contributed by atoms with Crippen LogP contribution in [-0.2, 0) is 6.54 Å². The second-order valence-corrected chi connectivity index (χ2v) is 4.38. The van der Waals surface area contributed by atoms with Gasteiger partial charge in [0.25, 0.3) is 0 Å². The Kier molecular flexibility index (Phi) is 3.43. The Balaban J connectivity index is 1.91. The van der Waals surface area contributed by atoms with E-state index in [9.17, 15) is 4.39 Å². The summed E-state index contributed by atoms with van der Waals surface area (Å²) >= 11 is 0. The molecule has 0 aliphatic carbocycles. The van der Waals surface area contributed by atoms with Gasteiger partial charge in [0.2, 0.25) is 6.79 Å². The Morgan fingerprint density at radius 1 is 1.20 bits per heavy atom. The molecule has 0 bridgehead atoms. The highest BCUT2D eigenvalue weighted by atomic mass is 19.1. The monoisotopic (exact) mass is 275 g/mol. The minimum Gasteiger partial charge on any atom is -0.454 e. The van der Waals surface area contributed by atoms with E-state index in [2.05, 4.69) is 5.32 Å². The summed E-state index contributed by atoms with van der Waals surface area (Å²) in [4.78, 5) is 0. The molecule has 1 aliphatic heterocycles. The topological polar surface area (TPSA) is 39.7 Å². The van der Waals surface area contributed by atoms with Gasteiger partial charge < -0.3 is 19.5 Å². The van der Waals surface area contributed by atoms with Crippen molar-refractivity contribution >= 4 is 0 Å². The summed E-state index contributed by atoms with van der Waals surface area (Å²) in [6, 6.07) is 10.0. The maximum Gasteiger partial charge on any atom is 0.231 e. The van der Waals surface area contributed by atoms with Crippen LogP contribution < -0.4 is 19.5 Å². The van der Waals surface area contributed by atoms with Gasteiger partial charge in [0.15, 0.2) is 23.1 Å². The number of fused-ring (bicyclic) bond motifs is 1. The van der Waals surface area contributed by atoms with Gasteiger partial charge in [-0.25, -0.2) is 4.39 Å². The van der Waals surface area contributed by atoms with Crippen LogP contribution in [-0.4, -0.2) is 13.8 Å². The van der Waals surface area contributed by atoms with E-state index < -0.39 is 5.82 Å². The van der Waals surface area contributed by atoms with E-state index in [-0.39, 0.29) is 12.5 Å². The summed E-state index contributed by atoms with van der Waals surface area (Å²) in [6.45, 7) is 0.723. The lowest BCUT2D eigenvalue weighted by Crippen LogP contribution is -2.07. The zero-order valence-electron chi connectivity index (χ0n) is 11.0. The fraction of sp³-hybridized carbons (Fsp3) is 0.200. The third kappa shape index (κ3) is 2.40. The van der Waals surface area contributed by atoms with Gasteiger partial charge in [0.1, 0.15) is 5.75 Å². The first-order valence-electron chi connectivity index (χ1n) is 6.27. The molecule has 0 radical (unpaired) electrons. The van der Waals surface area contributed by atoms with E-state index in [4.69, 9.17) is 14.2 Å². The van der Waals surface area contributed by atoms with Gasteiger partial charge in [0, 0.05) is 18.2 Å². The van der Waals surface area contributed by atoms with Crippen LogP contribution in [0.25, 0.3) is 0 Å². The Bertz CT molecular complexity index is 631. The number of rotatable bonds is 4. The fourth-order valence-corrected chi connectivity index (χ4v) is 2.06. The van der Waals surface area contributed by atoms with E-state index in [0.717, 1.165) is 5.56 Å². The predicted octanol–water partition coefficient (Wildman–Crippen LogP) is 3.07. The van der Waals surface area contributed by atoms with Crippen LogP contribution in [0.4, 0.5) is 4.39 Å². The molecule has 2 aromatic carbocycles. The molecular formula is C15H14FNO3. The molecule has 0 atom stereocenters. The van der Waals surface area contributed by atoms with Crippen LogP contribution in [0.15, 0.2) is 36.4 Å². The average molecular weight is 275 g/mol. The van der Waals surface area contributed by atoms with Gasteiger partial charge in [-0.1, -0.05) is 12.1 Å². The Morgan fingerprint density at radius 2 is 2.05 bits per heavy atom. The molecule has 1 N–H and O–H groups in total. The van der Waals surface area contributed by atoms with Crippen molar-refractivity contribution in [2.24, 2.45) is 0 Å². The summed E-state index contributed by atoms with van der Waals surface area (Å²) in [5, 5.41) is 2.99. The summed E-state index contributed by atoms with van der Waals surface area (Å²) < 4.78 is 30.1. The van der Waals surface area contributed by atoms with E-state index >= 15 is 0 Å². The second-order valence-electron chi connectivity index (χ2n) is 4.38. The van der Waals surface area contributed by atoms with E-state index in [1.54, 1.807) is 31.3 Å². The highest BCUT2D eigenvalue weighted by Crippen LogP contribution is 2.37. The van der Waals surface area contributed by atoms with Crippen molar-refractivity contribution in [3.05, 3.63) is 47.8 Å². The smallest absolute Gasteiger partial charge is 0.231 e. The van der Waals surface area contributed by atoms with Crippen molar-refractivity contribution in [3.8, 4) is 23.0 Å². The highest BCUT2D eigenvalue weighted by Gasteiger charge is 2.16. The lowest BCUT2D eigenvalue weighted by molar-refractivity contribution is 0.174. The van der Waals surface area contributed by atoms with Crippen LogP contribution >= 0.6 is 0 Å². The quantitative estimate of drug-likeness (QED) is 0.931. The molecular weight excluding hydrogens is 261 g/mol. The van der Waals surface area contributed by atoms with Gasteiger partial charge in [-0.3, -0.25) is 0 Å². The molecule has 0 saturated carbocycles. The van der Waals surface area contributed by atoms with Crippen LogP contribution in [0.2, 0.25) is 0 Å². The maximum absolute atomic E-state index is 13.9. The molecule has 0 aromatic heterocycles. The number of benzene rings is 2. The third-order valence-electron chi connectivity index (χ3n) is 2.98. The van der Waals surface area contributed by atoms with Crippen LogP contribution in [0.5, 0.6) is 23.0 Å². The Labute approximate surface area is 116 Å².